The predicted molar refractivity (Wildman–Crippen MR) is 88.4 cm³/mol. The van der Waals surface area contributed by atoms with Gasteiger partial charge >= 0.3 is 0 Å². The number of thioether (sulfide) groups is 2. The number of aromatic nitrogens is 2. The molecule has 3 nitrogen and oxygen atoms in total. The molecule has 1 aliphatic rings. The van der Waals surface area contributed by atoms with Crippen molar-refractivity contribution in [2.45, 2.75) is 23.3 Å². The first-order valence-electron chi connectivity index (χ1n) is 6.67. The number of anilines is 1. The number of hydrogen-bond acceptors (Lipinski definition) is 5. The molecule has 104 valence electrons. The van der Waals surface area contributed by atoms with Gasteiger partial charge in [-0.2, -0.15) is 11.8 Å². The van der Waals surface area contributed by atoms with Gasteiger partial charge in [-0.1, -0.05) is 12.1 Å². The van der Waals surface area contributed by atoms with Gasteiger partial charge in [0.1, 0.15) is 5.82 Å². The maximum Gasteiger partial charge on any atom is 0.161 e. The summed E-state index contributed by atoms with van der Waals surface area (Å²) in [6, 6.07) is 8.45. The lowest BCUT2D eigenvalue weighted by Gasteiger charge is -2.10. The van der Waals surface area contributed by atoms with E-state index in [4.69, 9.17) is 9.97 Å². The van der Waals surface area contributed by atoms with Gasteiger partial charge in [-0.15, -0.1) is 11.8 Å². The van der Waals surface area contributed by atoms with Gasteiger partial charge in [-0.25, -0.2) is 9.97 Å². The van der Waals surface area contributed by atoms with Crippen molar-refractivity contribution in [3.05, 3.63) is 35.5 Å². The molecule has 0 amide bonds. The fraction of sp³-hybridized carbons (Fsp3) is 0.333. The van der Waals surface area contributed by atoms with Crippen LogP contribution in [-0.2, 0) is 11.5 Å². The summed E-state index contributed by atoms with van der Waals surface area (Å²) in [4.78, 5) is 10.7. The van der Waals surface area contributed by atoms with Crippen molar-refractivity contribution in [3.8, 4) is 11.4 Å². The van der Waals surface area contributed by atoms with Crippen molar-refractivity contribution in [3.63, 3.8) is 0 Å². The van der Waals surface area contributed by atoms with Crippen LogP contribution < -0.4 is 5.32 Å². The Morgan fingerprint density at radius 3 is 2.70 bits per heavy atom. The molecule has 3 rings (SSSR count). The Kier molecular flexibility index (Phi) is 4.17. The van der Waals surface area contributed by atoms with E-state index in [1.54, 1.807) is 11.8 Å². The molecule has 20 heavy (non-hydrogen) atoms. The van der Waals surface area contributed by atoms with Gasteiger partial charge in [0.25, 0.3) is 0 Å². The number of rotatable bonds is 4. The van der Waals surface area contributed by atoms with E-state index in [-0.39, 0.29) is 0 Å². The summed E-state index contributed by atoms with van der Waals surface area (Å²) < 4.78 is 0. The third-order valence-corrected chi connectivity index (χ3v) is 4.98. The Labute approximate surface area is 128 Å². The summed E-state index contributed by atoms with van der Waals surface area (Å²) in [6.07, 6.45) is 2.08. The predicted octanol–water partition coefficient (Wildman–Crippen LogP) is 4.04. The van der Waals surface area contributed by atoms with Gasteiger partial charge in [0, 0.05) is 34.1 Å². The van der Waals surface area contributed by atoms with Gasteiger partial charge in [0.2, 0.25) is 0 Å². The lowest BCUT2D eigenvalue weighted by molar-refractivity contribution is 1.05. The molecule has 2 heterocycles. The fourth-order valence-electron chi connectivity index (χ4n) is 2.23. The molecule has 2 aromatic rings. The highest BCUT2D eigenvalue weighted by molar-refractivity contribution is 7.98. The highest BCUT2D eigenvalue weighted by atomic mass is 32.2. The minimum Gasteiger partial charge on any atom is -0.370 e. The van der Waals surface area contributed by atoms with Crippen LogP contribution in [0.2, 0.25) is 0 Å². The second kappa shape index (κ2) is 6.06. The summed E-state index contributed by atoms with van der Waals surface area (Å²) in [5, 5.41) is 3.37. The van der Waals surface area contributed by atoms with E-state index >= 15 is 0 Å². The summed E-state index contributed by atoms with van der Waals surface area (Å²) in [5.74, 6) is 3.84. The van der Waals surface area contributed by atoms with E-state index in [0.717, 1.165) is 35.3 Å². The Balaban J connectivity index is 2.02. The highest BCUT2D eigenvalue weighted by Crippen LogP contribution is 2.34. The molecule has 0 radical (unpaired) electrons. The molecule has 1 aromatic heterocycles. The van der Waals surface area contributed by atoms with Crippen molar-refractivity contribution < 1.29 is 0 Å². The number of nitrogens with zero attached hydrogens (tertiary/aromatic N) is 2. The summed E-state index contributed by atoms with van der Waals surface area (Å²) in [5.41, 5.74) is 3.55. The summed E-state index contributed by atoms with van der Waals surface area (Å²) in [6.45, 7) is 2.99. The number of nitrogens with one attached hydrogen (secondary N) is 1. The first kappa shape index (κ1) is 13.8. The van der Waals surface area contributed by atoms with E-state index in [0.29, 0.717) is 0 Å². The smallest absolute Gasteiger partial charge is 0.161 e. The van der Waals surface area contributed by atoms with Crippen molar-refractivity contribution in [2.24, 2.45) is 0 Å². The SMILES string of the molecule is CCNc1nc(-c2ccc(SC)cc2)nc2c1CSC2. The third kappa shape index (κ3) is 2.65. The van der Waals surface area contributed by atoms with Crippen molar-refractivity contribution in [1.82, 2.24) is 9.97 Å². The van der Waals surface area contributed by atoms with Crippen LogP contribution >= 0.6 is 23.5 Å². The topological polar surface area (TPSA) is 37.8 Å². The zero-order valence-electron chi connectivity index (χ0n) is 11.6. The van der Waals surface area contributed by atoms with Gasteiger partial charge in [0.15, 0.2) is 5.82 Å². The first-order chi connectivity index (χ1) is 9.81. The molecule has 1 aromatic carbocycles. The monoisotopic (exact) mass is 303 g/mol. The Bertz CT molecular complexity index is 611. The molecule has 5 heteroatoms. The number of fused-ring (bicyclic) bond motifs is 1. The standard InChI is InChI=1S/C15H17N3S2/c1-3-16-15-12-8-20-9-13(12)17-14(18-15)10-4-6-11(19-2)7-5-10/h4-7H,3,8-9H2,1-2H3,(H,16,17,18). The van der Waals surface area contributed by atoms with Gasteiger partial charge < -0.3 is 5.32 Å². The molecular formula is C15H17N3S2. The van der Waals surface area contributed by atoms with E-state index in [9.17, 15) is 0 Å². The van der Waals surface area contributed by atoms with Crippen molar-refractivity contribution >= 4 is 29.3 Å². The zero-order chi connectivity index (χ0) is 13.9. The molecule has 0 aliphatic carbocycles. The maximum absolute atomic E-state index is 4.74. The van der Waals surface area contributed by atoms with Gasteiger partial charge in [-0.05, 0) is 25.3 Å². The second-order valence-corrected chi connectivity index (χ2v) is 6.44. The first-order valence-corrected chi connectivity index (χ1v) is 9.05. The molecule has 1 aliphatic heterocycles. The van der Waals surface area contributed by atoms with Crippen molar-refractivity contribution in [1.29, 1.82) is 0 Å². The molecule has 0 atom stereocenters. The summed E-state index contributed by atoms with van der Waals surface area (Å²) in [7, 11) is 0. The third-order valence-electron chi connectivity index (χ3n) is 3.27. The lowest BCUT2D eigenvalue weighted by Crippen LogP contribution is -2.06. The van der Waals surface area contributed by atoms with E-state index in [2.05, 4.69) is 42.8 Å². The number of hydrogen-bond donors (Lipinski definition) is 1. The normalized spacial score (nSPS) is 13.3. The molecular weight excluding hydrogens is 286 g/mol. The molecule has 0 unspecified atom stereocenters. The Morgan fingerprint density at radius 1 is 1.20 bits per heavy atom. The van der Waals surface area contributed by atoms with Crippen LogP contribution in [0, 0.1) is 0 Å². The number of benzene rings is 1. The average Bonchev–Trinajstić information content (AvgIpc) is 2.96. The van der Waals surface area contributed by atoms with Crippen LogP contribution in [0.1, 0.15) is 18.2 Å². The van der Waals surface area contributed by atoms with Crippen molar-refractivity contribution in [2.75, 3.05) is 18.1 Å². The van der Waals surface area contributed by atoms with Crippen LogP contribution in [-0.4, -0.2) is 22.8 Å². The Morgan fingerprint density at radius 2 is 2.00 bits per heavy atom. The van der Waals surface area contributed by atoms with E-state index in [1.807, 2.05) is 11.8 Å². The lowest BCUT2D eigenvalue weighted by atomic mass is 10.2. The quantitative estimate of drug-likeness (QED) is 0.863. The van der Waals surface area contributed by atoms with Crippen LogP contribution in [0.25, 0.3) is 11.4 Å². The molecule has 1 N–H and O–H groups in total. The summed E-state index contributed by atoms with van der Waals surface area (Å²) >= 11 is 3.65. The van der Waals surface area contributed by atoms with Gasteiger partial charge in [-0.3, -0.25) is 0 Å². The van der Waals surface area contributed by atoms with Gasteiger partial charge in [0.05, 0.1) is 5.69 Å². The van der Waals surface area contributed by atoms with E-state index in [1.165, 1.54) is 16.2 Å². The van der Waals surface area contributed by atoms with Crippen LogP contribution in [0.15, 0.2) is 29.2 Å². The minimum absolute atomic E-state index is 0.829. The van der Waals surface area contributed by atoms with Crippen LogP contribution in [0.4, 0.5) is 5.82 Å². The molecule has 0 saturated heterocycles. The minimum atomic E-state index is 0.829. The molecule has 0 saturated carbocycles. The fourth-order valence-corrected chi connectivity index (χ4v) is 3.68. The Hall–Kier alpha value is -1.20. The molecule has 0 spiro atoms. The van der Waals surface area contributed by atoms with Crippen LogP contribution in [0.3, 0.4) is 0 Å². The second-order valence-electron chi connectivity index (χ2n) is 4.57. The molecule has 0 bridgehead atoms. The maximum atomic E-state index is 4.74. The largest absolute Gasteiger partial charge is 0.370 e. The zero-order valence-corrected chi connectivity index (χ0v) is 13.3. The van der Waals surface area contributed by atoms with Crippen LogP contribution in [0.5, 0.6) is 0 Å². The highest BCUT2D eigenvalue weighted by Gasteiger charge is 2.19. The molecule has 0 fully saturated rings. The van der Waals surface area contributed by atoms with E-state index < -0.39 is 0 Å². The average molecular weight is 303 g/mol.